The molecule has 0 fully saturated rings. The Morgan fingerprint density at radius 1 is 1.10 bits per heavy atom. The maximum absolute atomic E-state index is 8.62. The van der Waals surface area contributed by atoms with E-state index in [0.717, 1.165) is 5.56 Å². The van der Waals surface area contributed by atoms with E-state index in [0.29, 0.717) is 17.9 Å². The SMILES string of the molecule is N/C(=N/O)c1cccc(OCOCc2ccccc2)c1. The van der Waals surface area contributed by atoms with Crippen molar-refractivity contribution in [2.75, 3.05) is 6.79 Å². The smallest absolute Gasteiger partial charge is 0.189 e. The van der Waals surface area contributed by atoms with Crippen molar-refractivity contribution < 1.29 is 14.7 Å². The number of benzene rings is 2. The van der Waals surface area contributed by atoms with Crippen LogP contribution in [0.3, 0.4) is 0 Å². The normalized spacial score (nSPS) is 11.3. The van der Waals surface area contributed by atoms with Gasteiger partial charge in [-0.1, -0.05) is 47.6 Å². The molecule has 0 aliphatic heterocycles. The summed E-state index contributed by atoms with van der Waals surface area (Å²) in [6, 6.07) is 16.8. The minimum absolute atomic E-state index is 0.0423. The van der Waals surface area contributed by atoms with E-state index in [4.69, 9.17) is 20.4 Å². The van der Waals surface area contributed by atoms with Gasteiger partial charge in [0.15, 0.2) is 12.6 Å². The molecule has 2 rings (SSSR count). The van der Waals surface area contributed by atoms with Crippen LogP contribution < -0.4 is 10.5 Å². The molecule has 0 heterocycles. The number of nitrogens with zero attached hydrogens (tertiary/aromatic N) is 1. The lowest BCUT2D eigenvalue weighted by Gasteiger charge is -2.08. The van der Waals surface area contributed by atoms with Gasteiger partial charge < -0.3 is 20.4 Å². The minimum Gasteiger partial charge on any atom is -0.468 e. The van der Waals surface area contributed by atoms with Crippen molar-refractivity contribution in [3.8, 4) is 5.75 Å². The van der Waals surface area contributed by atoms with Crippen molar-refractivity contribution >= 4 is 5.84 Å². The van der Waals surface area contributed by atoms with Gasteiger partial charge in [-0.05, 0) is 17.7 Å². The van der Waals surface area contributed by atoms with Gasteiger partial charge in [-0.2, -0.15) is 0 Å². The fourth-order valence-electron chi connectivity index (χ4n) is 1.65. The molecule has 0 atom stereocenters. The third-order valence-electron chi connectivity index (χ3n) is 2.66. The molecule has 2 aromatic rings. The summed E-state index contributed by atoms with van der Waals surface area (Å²) in [5, 5.41) is 11.6. The van der Waals surface area contributed by atoms with Gasteiger partial charge in [0.25, 0.3) is 0 Å². The van der Waals surface area contributed by atoms with Crippen LogP contribution in [0.2, 0.25) is 0 Å². The summed E-state index contributed by atoms with van der Waals surface area (Å²) in [6.45, 7) is 0.620. The highest BCUT2D eigenvalue weighted by molar-refractivity contribution is 5.97. The Bertz CT molecular complexity index is 570. The molecule has 0 amide bonds. The predicted octanol–water partition coefficient (Wildman–Crippen LogP) is 2.33. The molecule has 20 heavy (non-hydrogen) atoms. The molecule has 5 heteroatoms. The van der Waals surface area contributed by atoms with Crippen LogP contribution in [0.5, 0.6) is 5.75 Å². The fourth-order valence-corrected chi connectivity index (χ4v) is 1.65. The van der Waals surface area contributed by atoms with E-state index >= 15 is 0 Å². The monoisotopic (exact) mass is 272 g/mol. The first-order valence-corrected chi connectivity index (χ1v) is 6.12. The Morgan fingerprint density at radius 2 is 1.90 bits per heavy atom. The van der Waals surface area contributed by atoms with Gasteiger partial charge in [-0.25, -0.2) is 0 Å². The third-order valence-corrected chi connectivity index (χ3v) is 2.66. The summed E-state index contributed by atoms with van der Waals surface area (Å²) in [6.07, 6.45) is 0. The highest BCUT2D eigenvalue weighted by atomic mass is 16.7. The largest absolute Gasteiger partial charge is 0.468 e. The van der Waals surface area contributed by atoms with Gasteiger partial charge in [-0.15, -0.1) is 0 Å². The first-order chi connectivity index (χ1) is 9.79. The molecule has 2 aromatic carbocycles. The molecule has 0 aliphatic rings. The molecule has 0 saturated carbocycles. The average molecular weight is 272 g/mol. The zero-order valence-electron chi connectivity index (χ0n) is 10.9. The Morgan fingerprint density at radius 3 is 2.65 bits per heavy atom. The molecule has 0 bridgehead atoms. The van der Waals surface area contributed by atoms with Crippen molar-refractivity contribution in [3.63, 3.8) is 0 Å². The fraction of sp³-hybridized carbons (Fsp3) is 0.133. The number of amidine groups is 1. The Labute approximate surface area is 117 Å². The molecule has 0 aliphatic carbocycles. The van der Waals surface area contributed by atoms with E-state index in [1.165, 1.54) is 0 Å². The molecular formula is C15H16N2O3. The van der Waals surface area contributed by atoms with Crippen molar-refractivity contribution in [3.05, 3.63) is 65.7 Å². The van der Waals surface area contributed by atoms with Crippen LogP contribution in [0.25, 0.3) is 0 Å². The van der Waals surface area contributed by atoms with Crippen LogP contribution in [0.1, 0.15) is 11.1 Å². The summed E-state index contributed by atoms with van der Waals surface area (Å²) < 4.78 is 10.9. The first-order valence-electron chi connectivity index (χ1n) is 6.12. The van der Waals surface area contributed by atoms with Crippen molar-refractivity contribution in [1.82, 2.24) is 0 Å². The first kappa shape index (κ1) is 13.9. The summed E-state index contributed by atoms with van der Waals surface area (Å²) in [5.74, 6) is 0.641. The summed E-state index contributed by atoms with van der Waals surface area (Å²) >= 11 is 0. The zero-order valence-corrected chi connectivity index (χ0v) is 10.9. The average Bonchev–Trinajstić information content (AvgIpc) is 2.52. The van der Waals surface area contributed by atoms with Crippen LogP contribution in [0, 0.1) is 0 Å². The van der Waals surface area contributed by atoms with Gasteiger partial charge >= 0.3 is 0 Å². The van der Waals surface area contributed by atoms with E-state index in [1.54, 1.807) is 24.3 Å². The maximum Gasteiger partial charge on any atom is 0.189 e. The van der Waals surface area contributed by atoms with Gasteiger partial charge in [-0.3, -0.25) is 0 Å². The predicted molar refractivity (Wildman–Crippen MR) is 75.7 cm³/mol. The van der Waals surface area contributed by atoms with Crippen molar-refractivity contribution in [2.24, 2.45) is 10.9 Å². The highest BCUT2D eigenvalue weighted by Gasteiger charge is 2.01. The van der Waals surface area contributed by atoms with Crippen LogP contribution in [0.15, 0.2) is 59.8 Å². The van der Waals surface area contributed by atoms with E-state index in [-0.39, 0.29) is 12.6 Å². The molecule has 0 saturated heterocycles. The molecule has 0 aromatic heterocycles. The molecule has 3 N–H and O–H groups in total. The number of ether oxygens (including phenoxy) is 2. The second kappa shape index (κ2) is 7.16. The lowest BCUT2D eigenvalue weighted by molar-refractivity contribution is 0.00504. The van der Waals surface area contributed by atoms with Gasteiger partial charge in [0, 0.05) is 5.56 Å². The van der Waals surface area contributed by atoms with Gasteiger partial charge in [0.05, 0.1) is 6.61 Å². The molecular weight excluding hydrogens is 256 g/mol. The summed E-state index contributed by atoms with van der Waals surface area (Å²) in [4.78, 5) is 0. The summed E-state index contributed by atoms with van der Waals surface area (Å²) in [7, 11) is 0. The van der Waals surface area contributed by atoms with Crippen molar-refractivity contribution in [1.29, 1.82) is 0 Å². The van der Waals surface area contributed by atoms with Gasteiger partial charge in [0.1, 0.15) is 5.75 Å². The summed E-state index contributed by atoms with van der Waals surface area (Å²) in [5.41, 5.74) is 7.18. The highest BCUT2D eigenvalue weighted by Crippen LogP contribution is 2.13. The van der Waals surface area contributed by atoms with Crippen LogP contribution >= 0.6 is 0 Å². The Kier molecular flexibility index (Phi) is 4.97. The Balaban J connectivity index is 1.82. The number of hydrogen-bond acceptors (Lipinski definition) is 4. The van der Waals surface area contributed by atoms with Gasteiger partial charge in [0.2, 0.25) is 0 Å². The van der Waals surface area contributed by atoms with E-state index in [2.05, 4.69) is 5.16 Å². The quantitative estimate of drug-likeness (QED) is 0.211. The third kappa shape index (κ3) is 4.00. The van der Waals surface area contributed by atoms with Crippen LogP contribution in [0.4, 0.5) is 0 Å². The molecule has 0 unspecified atom stereocenters. The second-order valence-electron chi connectivity index (χ2n) is 4.11. The lowest BCUT2D eigenvalue weighted by atomic mass is 10.2. The molecule has 0 radical (unpaired) electrons. The lowest BCUT2D eigenvalue weighted by Crippen LogP contribution is -2.13. The molecule has 104 valence electrons. The molecule has 0 spiro atoms. The minimum atomic E-state index is 0.0423. The number of oxime groups is 1. The number of nitrogens with two attached hydrogens (primary N) is 1. The Hall–Kier alpha value is -2.53. The standard InChI is InChI=1S/C15H16N2O3/c16-15(17-18)13-7-4-8-14(9-13)20-11-19-10-12-5-2-1-3-6-12/h1-9,18H,10-11H2,(H2,16,17). The van der Waals surface area contributed by atoms with Crippen LogP contribution in [-0.2, 0) is 11.3 Å². The maximum atomic E-state index is 8.62. The number of rotatable bonds is 6. The number of hydrogen-bond donors (Lipinski definition) is 2. The zero-order chi connectivity index (χ0) is 14.2. The van der Waals surface area contributed by atoms with E-state index < -0.39 is 0 Å². The van der Waals surface area contributed by atoms with Crippen molar-refractivity contribution in [2.45, 2.75) is 6.61 Å². The second-order valence-corrected chi connectivity index (χ2v) is 4.11. The molecule has 5 nitrogen and oxygen atoms in total. The topological polar surface area (TPSA) is 77.1 Å². The van der Waals surface area contributed by atoms with Crippen LogP contribution in [-0.4, -0.2) is 17.8 Å². The van der Waals surface area contributed by atoms with E-state index in [1.807, 2.05) is 30.3 Å². The van der Waals surface area contributed by atoms with E-state index in [9.17, 15) is 0 Å².